The van der Waals surface area contributed by atoms with Gasteiger partial charge in [0.05, 0.1) is 24.1 Å². The highest BCUT2D eigenvalue weighted by Gasteiger charge is 2.04. The lowest BCUT2D eigenvalue weighted by Crippen LogP contribution is -2.24. The first-order valence-corrected chi connectivity index (χ1v) is 5.59. The fourth-order valence-electron chi connectivity index (χ4n) is 1.36. The minimum Gasteiger partial charge on any atom is -0.397 e. The molecule has 2 N–H and O–H groups in total. The molecule has 0 aromatic carbocycles. The van der Waals surface area contributed by atoms with Crippen molar-refractivity contribution < 1.29 is 4.74 Å². The summed E-state index contributed by atoms with van der Waals surface area (Å²) in [5.41, 5.74) is 7.50. The molecule has 0 aliphatic carbocycles. The van der Waals surface area contributed by atoms with Crippen molar-refractivity contribution in [1.82, 2.24) is 9.88 Å². The zero-order valence-corrected chi connectivity index (χ0v) is 10.3. The average molecular weight is 223 g/mol. The van der Waals surface area contributed by atoms with Crippen LogP contribution in [0.2, 0.25) is 0 Å². The van der Waals surface area contributed by atoms with Crippen molar-refractivity contribution in [2.24, 2.45) is 0 Å². The van der Waals surface area contributed by atoms with E-state index in [4.69, 9.17) is 10.5 Å². The van der Waals surface area contributed by atoms with Gasteiger partial charge in [0.1, 0.15) is 0 Å². The quantitative estimate of drug-likeness (QED) is 0.794. The third-order valence-corrected chi connectivity index (χ3v) is 2.27. The van der Waals surface area contributed by atoms with Crippen LogP contribution in [0.3, 0.4) is 0 Å². The van der Waals surface area contributed by atoms with Gasteiger partial charge in [-0.05, 0) is 33.0 Å². The van der Waals surface area contributed by atoms with Crippen LogP contribution in [-0.2, 0) is 11.3 Å². The van der Waals surface area contributed by atoms with Crippen LogP contribution in [-0.4, -0.2) is 36.2 Å². The van der Waals surface area contributed by atoms with Crippen molar-refractivity contribution >= 4 is 5.69 Å². The number of nitrogens with zero attached hydrogens (tertiary/aromatic N) is 2. The molecular formula is C12H21N3O. The summed E-state index contributed by atoms with van der Waals surface area (Å²) in [4.78, 5) is 6.41. The largest absolute Gasteiger partial charge is 0.397 e. The Morgan fingerprint density at radius 2 is 2.25 bits per heavy atom. The van der Waals surface area contributed by atoms with E-state index in [1.54, 1.807) is 6.20 Å². The maximum Gasteiger partial charge on any atom is 0.0772 e. The fraction of sp³-hybridized carbons (Fsp3) is 0.583. The van der Waals surface area contributed by atoms with E-state index in [-0.39, 0.29) is 6.10 Å². The summed E-state index contributed by atoms with van der Waals surface area (Å²) in [5.74, 6) is 0. The van der Waals surface area contributed by atoms with Crippen LogP contribution >= 0.6 is 0 Å². The number of hydrogen-bond donors (Lipinski definition) is 1. The first kappa shape index (κ1) is 12.9. The molecule has 1 aromatic rings. The molecule has 0 unspecified atom stereocenters. The number of anilines is 1. The zero-order chi connectivity index (χ0) is 12.0. The van der Waals surface area contributed by atoms with Gasteiger partial charge in [0.2, 0.25) is 0 Å². The van der Waals surface area contributed by atoms with Crippen molar-refractivity contribution in [3.05, 3.63) is 24.0 Å². The Kier molecular flexibility index (Phi) is 5.22. The highest BCUT2D eigenvalue weighted by Crippen LogP contribution is 2.08. The summed E-state index contributed by atoms with van der Waals surface area (Å²) >= 11 is 0. The molecule has 0 saturated heterocycles. The fourth-order valence-corrected chi connectivity index (χ4v) is 1.36. The lowest BCUT2D eigenvalue weighted by Gasteiger charge is -2.17. The van der Waals surface area contributed by atoms with Gasteiger partial charge in [-0.25, -0.2) is 0 Å². The molecule has 0 saturated carbocycles. The molecule has 4 heteroatoms. The van der Waals surface area contributed by atoms with E-state index in [1.807, 2.05) is 33.0 Å². The Bertz CT molecular complexity index is 315. The van der Waals surface area contributed by atoms with Crippen LogP contribution in [0.5, 0.6) is 0 Å². The molecular weight excluding hydrogens is 202 g/mol. The molecule has 16 heavy (non-hydrogen) atoms. The molecule has 1 heterocycles. The van der Waals surface area contributed by atoms with Crippen LogP contribution < -0.4 is 5.73 Å². The van der Waals surface area contributed by atoms with E-state index in [0.717, 1.165) is 31.1 Å². The van der Waals surface area contributed by atoms with Crippen LogP contribution in [0.15, 0.2) is 18.3 Å². The number of nitrogens with two attached hydrogens (primary N) is 1. The van der Waals surface area contributed by atoms with Gasteiger partial charge in [0.25, 0.3) is 0 Å². The predicted molar refractivity (Wildman–Crippen MR) is 66.1 cm³/mol. The van der Waals surface area contributed by atoms with Gasteiger partial charge in [-0.15, -0.1) is 0 Å². The third-order valence-electron chi connectivity index (χ3n) is 2.27. The van der Waals surface area contributed by atoms with Gasteiger partial charge in [0, 0.05) is 19.3 Å². The van der Waals surface area contributed by atoms with Gasteiger partial charge >= 0.3 is 0 Å². The van der Waals surface area contributed by atoms with E-state index in [2.05, 4.69) is 9.88 Å². The highest BCUT2D eigenvalue weighted by atomic mass is 16.5. The monoisotopic (exact) mass is 223 g/mol. The van der Waals surface area contributed by atoms with E-state index >= 15 is 0 Å². The first-order valence-electron chi connectivity index (χ1n) is 5.59. The van der Waals surface area contributed by atoms with Gasteiger partial charge < -0.3 is 10.5 Å². The highest BCUT2D eigenvalue weighted by molar-refractivity contribution is 5.41. The number of aromatic nitrogens is 1. The van der Waals surface area contributed by atoms with Gasteiger partial charge in [-0.2, -0.15) is 0 Å². The third kappa shape index (κ3) is 4.59. The molecule has 0 atom stereocenters. The number of pyridine rings is 1. The number of ether oxygens (including phenoxy) is 1. The SMILES string of the molecule is CC(C)OCCN(C)Cc1ncccc1N. The Morgan fingerprint density at radius 3 is 2.88 bits per heavy atom. The lowest BCUT2D eigenvalue weighted by atomic mass is 10.3. The maximum absolute atomic E-state index is 5.83. The Hall–Kier alpha value is -1.13. The molecule has 0 amide bonds. The number of rotatable bonds is 6. The maximum atomic E-state index is 5.83. The van der Waals surface area contributed by atoms with Crippen molar-refractivity contribution in [2.75, 3.05) is 25.9 Å². The van der Waals surface area contributed by atoms with E-state index in [0.29, 0.717) is 0 Å². The Balaban J connectivity index is 2.34. The topological polar surface area (TPSA) is 51.4 Å². The number of hydrogen-bond acceptors (Lipinski definition) is 4. The first-order chi connectivity index (χ1) is 7.59. The van der Waals surface area contributed by atoms with Crippen molar-refractivity contribution in [2.45, 2.75) is 26.5 Å². The van der Waals surface area contributed by atoms with Gasteiger partial charge in [0.15, 0.2) is 0 Å². The van der Waals surface area contributed by atoms with Gasteiger partial charge in [-0.1, -0.05) is 0 Å². The van der Waals surface area contributed by atoms with Crippen LogP contribution in [0.25, 0.3) is 0 Å². The second-order valence-corrected chi connectivity index (χ2v) is 4.20. The Morgan fingerprint density at radius 1 is 1.50 bits per heavy atom. The molecule has 1 aromatic heterocycles. The smallest absolute Gasteiger partial charge is 0.0772 e. The lowest BCUT2D eigenvalue weighted by molar-refractivity contribution is 0.0625. The van der Waals surface area contributed by atoms with E-state index in [9.17, 15) is 0 Å². The molecule has 90 valence electrons. The molecule has 0 aliphatic heterocycles. The van der Waals surface area contributed by atoms with Crippen molar-refractivity contribution in [1.29, 1.82) is 0 Å². The minimum atomic E-state index is 0.285. The summed E-state index contributed by atoms with van der Waals surface area (Å²) in [7, 11) is 2.04. The average Bonchev–Trinajstić information content (AvgIpc) is 2.21. The summed E-state index contributed by atoms with van der Waals surface area (Å²) in [5, 5.41) is 0. The number of nitrogen functional groups attached to an aromatic ring is 1. The molecule has 0 fully saturated rings. The van der Waals surface area contributed by atoms with Crippen molar-refractivity contribution in [3.63, 3.8) is 0 Å². The van der Waals surface area contributed by atoms with E-state index in [1.165, 1.54) is 0 Å². The zero-order valence-electron chi connectivity index (χ0n) is 10.3. The standard InChI is InChI=1S/C12H21N3O/c1-10(2)16-8-7-15(3)9-12-11(13)5-4-6-14-12/h4-6,10H,7-9,13H2,1-3H3. The second kappa shape index (κ2) is 6.45. The van der Waals surface area contributed by atoms with Crippen molar-refractivity contribution in [3.8, 4) is 0 Å². The molecule has 4 nitrogen and oxygen atoms in total. The van der Waals surface area contributed by atoms with Crippen LogP contribution in [0.4, 0.5) is 5.69 Å². The minimum absolute atomic E-state index is 0.285. The molecule has 1 rings (SSSR count). The Labute approximate surface area is 97.4 Å². The summed E-state index contributed by atoms with van der Waals surface area (Å²) in [6.45, 7) is 6.46. The molecule has 0 aliphatic rings. The summed E-state index contributed by atoms with van der Waals surface area (Å²) in [6, 6.07) is 3.72. The predicted octanol–water partition coefficient (Wildman–Crippen LogP) is 1.52. The number of likely N-dealkylation sites (N-methyl/N-ethyl adjacent to an activating group) is 1. The van der Waals surface area contributed by atoms with Gasteiger partial charge in [-0.3, -0.25) is 9.88 Å². The molecule has 0 spiro atoms. The normalized spacial score (nSPS) is 11.3. The molecule has 0 bridgehead atoms. The van der Waals surface area contributed by atoms with Crippen LogP contribution in [0, 0.1) is 0 Å². The summed E-state index contributed by atoms with van der Waals surface area (Å²) < 4.78 is 5.49. The molecule has 0 radical (unpaired) electrons. The van der Waals surface area contributed by atoms with Crippen LogP contribution in [0.1, 0.15) is 19.5 Å². The van der Waals surface area contributed by atoms with E-state index < -0.39 is 0 Å². The second-order valence-electron chi connectivity index (χ2n) is 4.20. The summed E-state index contributed by atoms with van der Waals surface area (Å²) in [6.07, 6.45) is 2.05.